The Labute approximate surface area is 184 Å². The number of aliphatic hydroxyl groups is 2. The summed E-state index contributed by atoms with van der Waals surface area (Å²) in [7, 11) is 0. The van der Waals surface area contributed by atoms with Gasteiger partial charge in [0.05, 0.1) is 11.7 Å². The highest BCUT2D eigenvalue weighted by Gasteiger charge is 2.64. The first-order valence-corrected chi connectivity index (χ1v) is 12.9. The molecule has 0 radical (unpaired) electrons. The quantitative estimate of drug-likeness (QED) is 0.596. The van der Waals surface area contributed by atoms with Gasteiger partial charge in [0, 0.05) is 18.8 Å². The standard InChI is InChI=1S/C27H46O3/c1-17(2)7-6-12-27(5,30)24-23(29)16-22-20-9-8-18-15-19(28)10-13-25(18,3)21(20)11-14-26(22,24)4/h17-18,20-24,29-30H,6-16H2,1-5H3/t18?,20-,21+,22+,23+,24+,25+,26+,27+/m1/s1. The van der Waals surface area contributed by atoms with Crippen molar-refractivity contribution < 1.29 is 15.0 Å². The Bertz CT molecular complexity index is 654. The maximum Gasteiger partial charge on any atom is 0.133 e. The molecule has 0 heterocycles. The van der Waals surface area contributed by atoms with Crippen molar-refractivity contribution in [3.63, 3.8) is 0 Å². The van der Waals surface area contributed by atoms with Crippen molar-refractivity contribution in [1.82, 2.24) is 0 Å². The second-order valence-corrected chi connectivity index (χ2v) is 12.9. The van der Waals surface area contributed by atoms with Crippen LogP contribution in [0.5, 0.6) is 0 Å². The van der Waals surface area contributed by atoms with Crippen molar-refractivity contribution in [3.05, 3.63) is 0 Å². The van der Waals surface area contributed by atoms with Crippen LogP contribution in [0.4, 0.5) is 0 Å². The molecule has 3 heteroatoms. The third-order valence-electron chi connectivity index (χ3n) is 10.6. The predicted molar refractivity (Wildman–Crippen MR) is 121 cm³/mol. The number of ketones is 1. The lowest BCUT2D eigenvalue weighted by Gasteiger charge is -2.60. The fourth-order valence-electron chi connectivity index (χ4n) is 9.21. The van der Waals surface area contributed by atoms with E-state index in [4.69, 9.17) is 0 Å². The number of Topliss-reactive ketones (excluding diaryl/α,β-unsaturated/α-hetero) is 1. The fraction of sp³-hybridized carbons (Fsp3) is 0.963. The molecule has 0 aliphatic heterocycles. The van der Waals surface area contributed by atoms with Crippen molar-refractivity contribution in [2.45, 2.75) is 117 Å². The van der Waals surface area contributed by atoms with Crippen LogP contribution in [0.1, 0.15) is 105 Å². The van der Waals surface area contributed by atoms with Gasteiger partial charge in [-0.05, 0) is 92.3 Å². The Morgan fingerprint density at radius 1 is 1.10 bits per heavy atom. The first-order valence-electron chi connectivity index (χ1n) is 12.9. The summed E-state index contributed by atoms with van der Waals surface area (Å²) in [6.07, 6.45) is 10.8. The van der Waals surface area contributed by atoms with Gasteiger partial charge in [0.1, 0.15) is 5.78 Å². The molecule has 0 aromatic heterocycles. The summed E-state index contributed by atoms with van der Waals surface area (Å²) in [6.45, 7) is 11.4. The zero-order chi connectivity index (χ0) is 21.9. The van der Waals surface area contributed by atoms with Crippen LogP contribution in [0, 0.1) is 46.3 Å². The largest absolute Gasteiger partial charge is 0.393 e. The number of carbonyl (C=O) groups excluding carboxylic acids is 1. The Morgan fingerprint density at radius 2 is 1.83 bits per heavy atom. The van der Waals surface area contributed by atoms with E-state index in [9.17, 15) is 15.0 Å². The average molecular weight is 419 g/mol. The van der Waals surface area contributed by atoms with Crippen molar-refractivity contribution in [3.8, 4) is 0 Å². The summed E-state index contributed by atoms with van der Waals surface area (Å²) in [6, 6.07) is 0. The molecule has 0 aromatic rings. The Kier molecular flexibility index (Phi) is 5.97. The maximum absolute atomic E-state index is 12.1. The Morgan fingerprint density at radius 3 is 2.53 bits per heavy atom. The van der Waals surface area contributed by atoms with E-state index in [0.717, 1.165) is 51.4 Å². The third kappa shape index (κ3) is 3.60. The lowest BCUT2D eigenvalue weighted by molar-refractivity contribution is -0.151. The van der Waals surface area contributed by atoms with E-state index in [2.05, 4.69) is 27.7 Å². The molecule has 0 saturated heterocycles. The summed E-state index contributed by atoms with van der Waals surface area (Å²) in [5.74, 6) is 3.57. The van der Waals surface area contributed by atoms with Crippen LogP contribution in [-0.4, -0.2) is 27.7 Å². The molecule has 4 saturated carbocycles. The van der Waals surface area contributed by atoms with Gasteiger partial charge in [-0.3, -0.25) is 4.79 Å². The molecule has 3 nitrogen and oxygen atoms in total. The molecular weight excluding hydrogens is 372 g/mol. The second-order valence-electron chi connectivity index (χ2n) is 12.9. The van der Waals surface area contributed by atoms with Crippen molar-refractivity contribution >= 4 is 5.78 Å². The van der Waals surface area contributed by atoms with E-state index in [1.165, 1.54) is 19.3 Å². The minimum absolute atomic E-state index is 0.0124. The van der Waals surface area contributed by atoms with E-state index in [-0.39, 0.29) is 17.4 Å². The Balaban J connectivity index is 1.55. The number of rotatable bonds is 5. The summed E-state index contributed by atoms with van der Waals surface area (Å²) in [4.78, 5) is 12.1. The number of carbonyl (C=O) groups is 1. The molecule has 0 aromatic carbocycles. The predicted octanol–water partition coefficient (Wildman–Crippen LogP) is 5.76. The first kappa shape index (κ1) is 22.8. The average Bonchev–Trinajstić information content (AvgIpc) is 2.92. The van der Waals surface area contributed by atoms with E-state index in [0.29, 0.717) is 40.8 Å². The van der Waals surface area contributed by atoms with Crippen molar-refractivity contribution in [2.75, 3.05) is 0 Å². The molecule has 1 unspecified atom stereocenters. The van der Waals surface area contributed by atoms with Crippen LogP contribution >= 0.6 is 0 Å². The lowest BCUT2D eigenvalue weighted by atomic mass is 9.44. The summed E-state index contributed by atoms with van der Waals surface area (Å²) >= 11 is 0. The lowest BCUT2D eigenvalue weighted by Crippen LogP contribution is -2.55. The van der Waals surface area contributed by atoms with Crippen LogP contribution < -0.4 is 0 Å². The molecule has 172 valence electrons. The Hall–Kier alpha value is -0.410. The van der Waals surface area contributed by atoms with Gasteiger partial charge in [0.2, 0.25) is 0 Å². The molecule has 2 N–H and O–H groups in total. The van der Waals surface area contributed by atoms with E-state index < -0.39 is 5.60 Å². The summed E-state index contributed by atoms with van der Waals surface area (Å²) in [5, 5.41) is 22.8. The summed E-state index contributed by atoms with van der Waals surface area (Å²) < 4.78 is 0. The fourth-order valence-corrected chi connectivity index (χ4v) is 9.21. The van der Waals surface area contributed by atoms with Gasteiger partial charge in [-0.15, -0.1) is 0 Å². The van der Waals surface area contributed by atoms with Crippen LogP contribution in [-0.2, 0) is 4.79 Å². The molecule has 0 amide bonds. The molecule has 30 heavy (non-hydrogen) atoms. The van der Waals surface area contributed by atoms with Crippen LogP contribution in [0.15, 0.2) is 0 Å². The van der Waals surface area contributed by atoms with E-state index in [1.807, 2.05) is 6.92 Å². The van der Waals surface area contributed by atoms with E-state index in [1.54, 1.807) is 0 Å². The van der Waals surface area contributed by atoms with Gasteiger partial charge >= 0.3 is 0 Å². The van der Waals surface area contributed by atoms with Crippen molar-refractivity contribution in [2.24, 2.45) is 46.3 Å². The minimum atomic E-state index is -0.789. The molecule has 9 atom stereocenters. The smallest absolute Gasteiger partial charge is 0.133 e. The van der Waals surface area contributed by atoms with Crippen LogP contribution in [0.25, 0.3) is 0 Å². The normalized spacial score (nSPS) is 48.1. The van der Waals surface area contributed by atoms with Gasteiger partial charge in [-0.1, -0.05) is 40.5 Å². The van der Waals surface area contributed by atoms with Gasteiger partial charge in [0.25, 0.3) is 0 Å². The number of hydrogen-bond donors (Lipinski definition) is 2. The monoisotopic (exact) mass is 418 g/mol. The van der Waals surface area contributed by atoms with Crippen LogP contribution in [0.3, 0.4) is 0 Å². The van der Waals surface area contributed by atoms with Gasteiger partial charge in [-0.2, -0.15) is 0 Å². The number of hydrogen-bond acceptors (Lipinski definition) is 3. The first-order chi connectivity index (χ1) is 14.0. The second kappa shape index (κ2) is 7.87. The third-order valence-corrected chi connectivity index (χ3v) is 10.6. The van der Waals surface area contributed by atoms with Gasteiger partial charge < -0.3 is 10.2 Å². The molecule has 4 fully saturated rings. The molecule has 4 aliphatic rings. The molecular formula is C27H46O3. The summed E-state index contributed by atoms with van der Waals surface area (Å²) in [5.41, 5.74) is -0.445. The number of aliphatic hydroxyl groups excluding tert-OH is 1. The zero-order valence-electron chi connectivity index (χ0n) is 20.1. The van der Waals surface area contributed by atoms with Crippen LogP contribution in [0.2, 0.25) is 0 Å². The van der Waals surface area contributed by atoms with Gasteiger partial charge in [0.15, 0.2) is 0 Å². The zero-order valence-corrected chi connectivity index (χ0v) is 20.1. The highest BCUT2D eigenvalue weighted by molar-refractivity contribution is 5.79. The minimum Gasteiger partial charge on any atom is -0.393 e. The molecule has 0 bridgehead atoms. The van der Waals surface area contributed by atoms with Gasteiger partial charge in [-0.25, -0.2) is 0 Å². The number of fused-ring (bicyclic) bond motifs is 5. The maximum atomic E-state index is 12.1. The van der Waals surface area contributed by atoms with E-state index >= 15 is 0 Å². The highest BCUT2D eigenvalue weighted by Crippen LogP contribution is 2.68. The SMILES string of the molecule is CC(C)CCC[C@](C)(O)[C@H]1[C@@H](O)C[C@H]2[C@@H]3CCC4CC(=O)CC[C@]4(C)[C@H]3CC[C@@]21C. The molecule has 0 spiro atoms. The highest BCUT2D eigenvalue weighted by atomic mass is 16.3. The van der Waals surface area contributed by atoms with Crippen molar-refractivity contribution in [1.29, 1.82) is 0 Å². The topological polar surface area (TPSA) is 57.5 Å². The molecule has 4 aliphatic carbocycles. The molecule has 4 rings (SSSR count).